The molecule has 8 heteroatoms. The Morgan fingerprint density at radius 3 is 2.02 bits per heavy atom. The molecule has 1 N–H and O–H groups in total. The summed E-state index contributed by atoms with van der Waals surface area (Å²) in [6.45, 7) is 11.2. The number of nitrogens with zero attached hydrogens (tertiary/aromatic N) is 2. The molecule has 0 aliphatic heterocycles. The number of nitrogens with one attached hydrogen (secondary N) is 1. The maximum Gasteiger partial charge on any atom is 0.264 e. The summed E-state index contributed by atoms with van der Waals surface area (Å²) in [6.07, 6.45) is 1.17. The lowest BCUT2D eigenvalue weighted by molar-refractivity contribution is -0.141. The van der Waals surface area contributed by atoms with Crippen molar-refractivity contribution in [1.29, 1.82) is 0 Å². The van der Waals surface area contributed by atoms with Gasteiger partial charge in [-0.2, -0.15) is 0 Å². The molecular formula is C32H41N3O4S. The van der Waals surface area contributed by atoms with E-state index in [1.54, 1.807) is 30.3 Å². The van der Waals surface area contributed by atoms with Crippen LogP contribution >= 0.6 is 0 Å². The molecule has 3 aromatic carbocycles. The highest BCUT2D eigenvalue weighted by atomic mass is 32.2. The molecule has 0 saturated heterocycles. The third kappa shape index (κ3) is 7.72. The van der Waals surface area contributed by atoms with E-state index in [9.17, 15) is 18.0 Å². The molecule has 0 heterocycles. The van der Waals surface area contributed by atoms with Crippen molar-refractivity contribution < 1.29 is 18.0 Å². The molecule has 0 aliphatic carbocycles. The molecule has 0 bridgehead atoms. The van der Waals surface area contributed by atoms with E-state index in [1.165, 1.54) is 17.0 Å². The van der Waals surface area contributed by atoms with Crippen molar-refractivity contribution in [3.05, 3.63) is 95.6 Å². The highest BCUT2D eigenvalue weighted by molar-refractivity contribution is 7.92. The Morgan fingerprint density at radius 2 is 1.48 bits per heavy atom. The van der Waals surface area contributed by atoms with Crippen molar-refractivity contribution >= 4 is 27.5 Å². The van der Waals surface area contributed by atoms with Crippen LogP contribution in [0, 0.1) is 6.92 Å². The van der Waals surface area contributed by atoms with E-state index in [1.807, 2.05) is 77.9 Å². The van der Waals surface area contributed by atoms with Crippen LogP contribution in [0.15, 0.2) is 83.8 Å². The van der Waals surface area contributed by atoms with E-state index in [2.05, 4.69) is 5.32 Å². The Balaban J connectivity index is 2.07. The minimum absolute atomic E-state index is 0.0883. The molecule has 3 rings (SSSR count). The summed E-state index contributed by atoms with van der Waals surface area (Å²) in [6, 6.07) is 22.2. The fraction of sp³-hybridized carbons (Fsp3) is 0.375. The van der Waals surface area contributed by atoms with Gasteiger partial charge in [0.25, 0.3) is 10.0 Å². The second-order valence-electron chi connectivity index (χ2n) is 11.0. The minimum atomic E-state index is -4.08. The van der Waals surface area contributed by atoms with Crippen LogP contribution in [-0.4, -0.2) is 43.3 Å². The quantitative estimate of drug-likeness (QED) is 0.335. The normalized spacial score (nSPS) is 12.4. The van der Waals surface area contributed by atoms with Gasteiger partial charge in [-0.25, -0.2) is 8.42 Å². The van der Waals surface area contributed by atoms with Gasteiger partial charge < -0.3 is 10.2 Å². The fourth-order valence-corrected chi connectivity index (χ4v) is 5.92. The highest BCUT2D eigenvalue weighted by Gasteiger charge is 2.34. The zero-order valence-electron chi connectivity index (χ0n) is 24.3. The van der Waals surface area contributed by atoms with Crippen LogP contribution in [0.1, 0.15) is 57.7 Å². The first kappa shape index (κ1) is 30.9. The number of anilines is 1. The lowest BCUT2D eigenvalue weighted by Crippen LogP contribution is -2.55. The van der Waals surface area contributed by atoms with Crippen LogP contribution in [0.25, 0.3) is 0 Å². The summed E-state index contributed by atoms with van der Waals surface area (Å²) in [4.78, 5) is 29.2. The van der Waals surface area contributed by atoms with Crippen molar-refractivity contribution in [2.75, 3.05) is 10.8 Å². The van der Waals surface area contributed by atoms with Gasteiger partial charge in [0, 0.05) is 12.1 Å². The average molecular weight is 564 g/mol. The first-order valence-electron chi connectivity index (χ1n) is 13.7. The van der Waals surface area contributed by atoms with Crippen molar-refractivity contribution in [1.82, 2.24) is 10.2 Å². The van der Waals surface area contributed by atoms with E-state index in [0.29, 0.717) is 12.1 Å². The molecule has 0 aliphatic rings. The minimum Gasteiger partial charge on any atom is -0.350 e. The monoisotopic (exact) mass is 563 g/mol. The standard InChI is InChI=1S/C32H41N3O4S/c1-7-25-18-20-27(21-19-25)35(40(38,39)28-16-10-9-11-17-28)23-30(36)34(22-26-15-13-12-14-24(26)3)29(8-2)31(37)33-32(4,5)6/h9-21,29H,7-8,22-23H2,1-6H3,(H,33,37)/t29-/m1/s1. The van der Waals surface area contributed by atoms with E-state index in [-0.39, 0.29) is 17.3 Å². The molecule has 0 saturated carbocycles. The molecular weight excluding hydrogens is 522 g/mol. The lowest BCUT2D eigenvalue weighted by atomic mass is 10.0. The van der Waals surface area contributed by atoms with Crippen molar-refractivity contribution in [3.63, 3.8) is 0 Å². The largest absolute Gasteiger partial charge is 0.350 e. The maximum absolute atomic E-state index is 14.2. The predicted octanol–water partition coefficient (Wildman–Crippen LogP) is 5.47. The first-order chi connectivity index (χ1) is 18.9. The second kappa shape index (κ2) is 13.1. The van der Waals surface area contributed by atoms with Gasteiger partial charge in [0.1, 0.15) is 12.6 Å². The predicted molar refractivity (Wildman–Crippen MR) is 160 cm³/mol. The van der Waals surface area contributed by atoms with Gasteiger partial charge in [-0.15, -0.1) is 0 Å². The van der Waals surface area contributed by atoms with Crippen molar-refractivity contribution in [2.45, 2.75) is 77.4 Å². The summed E-state index contributed by atoms with van der Waals surface area (Å²) in [5.74, 6) is -0.736. The second-order valence-corrected chi connectivity index (χ2v) is 12.8. The Morgan fingerprint density at radius 1 is 0.875 bits per heavy atom. The number of aryl methyl sites for hydroxylation is 2. The fourth-order valence-electron chi connectivity index (χ4n) is 4.49. The third-order valence-electron chi connectivity index (χ3n) is 6.73. The molecule has 1 atom stereocenters. The summed E-state index contributed by atoms with van der Waals surface area (Å²) in [5.41, 5.74) is 2.82. The number of benzene rings is 3. The Kier molecular flexibility index (Phi) is 10.1. The van der Waals surface area contributed by atoms with Crippen LogP contribution in [0.4, 0.5) is 5.69 Å². The Bertz CT molecular complexity index is 1400. The molecule has 40 heavy (non-hydrogen) atoms. The highest BCUT2D eigenvalue weighted by Crippen LogP contribution is 2.26. The summed E-state index contributed by atoms with van der Waals surface area (Å²) >= 11 is 0. The van der Waals surface area contributed by atoms with Gasteiger partial charge in [0.15, 0.2) is 0 Å². The van der Waals surface area contributed by atoms with Crippen molar-refractivity contribution in [2.24, 2.45) is 0 Å². The molecule has 0 unspecified atom stereocenters. The molecule has 0 spiro atoms. The van der Waals surface area contributed by atoms with E-state index in [0.717, 1.165) is 27.4 Å². The van der Waals surface area contributed by atoms with Crippen LogP contribution in [0.2, 0.25) is 0 Å². The number of carbonyl (C=O) groups excluding carboxylic acids is 2. The molecule has 2 amide bonds. The van der Waals surface area contributed by atoms with Gasteiger partial charge in [-0.1, -0.05) is 68.4 Å². The summed E-state index contributed by atoms with van der Waals surface area (Å²) < 4.78 is 28.9. The third-order valence-corrected chi connectivity index (χ3v) is 8.52. The smallest absolute Gasteiger partial charge is 0.264 e. The van der Waals surface area contributed by atoms with Gasteiger partial charge in [0.05, 0.1) is 10.6 Å². The lowest BCUT2D eigenvalue weighted by Gasteiger charge is -2.35. The van der Waals surface area contributed by atoms with E-state index >= 15 is 0 Å². The molecule has 0 radical (unpaired) electrons. The van der Waals surface area contributed by atoms with Gasteiger partial charge in [0.2, 0.25) is 11.8 Å². The van der Waals surface area contributed by atoms with Crippen LogP contribution < -0.4 is 9.62 Å². The number of sulfonamides is 1. The van der Waals surface area contributed by atoms with Gasteiger partial charge in [-0.05, 0) is 81.5 Å². The van der Waals surface area contributed by atoms with Gasteiger partial charge >= 0.3 is 0 Å². The molecule has 7 nitrogen and oxygen atoms in total. The maximum atomic E-state index is 14.2. The van der Waals surface area contributed by atoms with Crippen LogP contribution in [0.5, 0.6) is 0 Å². The molecule has 214 valence electrons. The topological polar surface area (TPSA) is 86.8 Å². The molecule has 0 fully saturated rings. The zero-order valence-corrected chi connectivity index (χ0v) is 25.2. The number of hydrogen-bond acceptors (Lipinski definition) is 4. The molecule has 0 aromatic heterocycles. The zero-order chi connectivity index (χ0) is 29.5. The Labute approximate surface area is 239 Å². The van der Waals surface area contributed by atoms with Crippen molar-refractivity contribution in [3.8, 4) is 0 Å². The first-order valence-corrected chi connectivity index (χ1v) is 15.1. The number of hydrogen-bond donors (Lipinski definition) is 1. The average Bonchev–Trinajstić information content (AvgIpc) is 2.92. The Hall–Kier alpha value is -3.65. The number of amides is 2. The van der Waals surface area contributed by atoms with Crippen LogP contribution in [-0.2, 0) is 32.6 Å². The number of rotatable bonds is 11. The van der Waals surface area contributed by atoms with E-state index < -0.39 is 34.1 Å². The van der Waals surface area contributed by atoms with E-state index in [4.69, 9.17) is 0 Å². The van der Waals surface area contributed by atoms with Gasteiger partial charge in [-0.3, -0.25) is 13.9 Å². The number of carbonyl (C=O) groups is 2. The SMILES string of the molecule is CCc1ccc(N(CC(=O)N(Cc2ccccc2C)[C@H](CC)C(=O)NC(C)(C)C)S(=O)(=O)c2ccccc2)cc1. The molecule has 3 aromatic rings. The summed E-state index contributed by atoms with van der Waals surface area (Å²) in [7, 11) is -4.08. The summed E-state index contributed by atoms with van der Waals surface area (Å²) in [5, 5.41) is 2.99. The van der Waals surface area contributed by atoms with Crippen LogP contribution in [0.3, 0.4) is 0 Å².